The Balaban J connectivity index is 1.28. The largest absolute Gasteiger partial charge is 0.462 e. The number of likely N-dealkylation sites (N-methyl/N-ethyl adjacent to an activating group) is 1. The number of piperazine rings is 1. The highest BCUT2D eigenvalue weighted by molar-refractivity contribution is 5.97. The standard InChI is InChI=1S/C35H40FN7O2/c1-23-7-4-8-25-9-5-11-29(30(23)25)43-18-13-28-31(35(43)14-15-35)38-34(45-22-27-10-6-17-40(27)3)39-32(28)41-19-20-42(33(44)24(2)36)26(21-41)12-16-37/h4-5,7-9,11,26-27H,2,6,10,12-15,17-22H2,1,3H3/t26-,27-/m0/s1. The molecule has 1 spiro atoms. The summed E-state index contributed by atoms with van der Waals surface area (Å²) in [4.78, 5) is 31.3. The zero-order valence-electron chi connectivity index (χ0n) is 26.1. The number of benzene rings is 2. The molecule has 45 heavy (non-hydrogen) atoms. The number of hydrogen-bond donors (Lipinski definition) is 0. The number of carbonyl (C=O) groups is 1. The Morgan fingerprint density at radius 3 is 2.64 bits per heavy atom. The lowest BCUT2D eigenvalue weighted by Crippen LogP contribution is -2.56. The van der Waals surface area contributed by atoms with Crippen LogP contribution in [0, 0.1) is 18.3 Å². The summed E-state index contributed by atoms with van der Waals surface area (Å²) in [6, 6.07) is 15.4. The fraction of sp³-hybridized carbons (Fsp3) is 0.486. The molecule has 0 radical (unpaired) electrons. The van der Waals surface area contributed by atoms with E-state index in [1.54, 1.807) is 0 Å². The first kappa shape index (κ1) is 29.5. The molecule has 234 valence electrons. The summed E-state index contributed by atoms with van der Waals surface area (Å²) in [6.45, 7) is 8.91. The number of carbonyl (C=O) groups excluding carboxylic acids is 1. The lowest BCUT2D eigenvalue weighted by Gasteiger charge is -2.44. The van der Waals surface area contributed by atoms with Crippen molar-refractivity contribution in [2.75, 3.05) is 56.2 Å². The zero-order chi connectivity index (χ0) is 31.3. The van der Waals surface area contributed by atoms with E-state index in [0.29, 0.717) is 31.7 Å². The summed E-state index contributed by atoms with van der Waals surface area (Å²) in [6.07, 6.45) is 5.06. The number of anilines is 2. The van der Waals surface area contributed by atoms with E-state index in [9.17, 15) is 14.4 Å². The predicted octanol–water partition coefficient (Wildman–Crippen LogP) is 4.88. The van der Waals surface area contributed by atoms with Gasteiger partial charge >= 0.3 is 6.01 Å². The first-order valence-electron chi connectivity index (χ1n) is 16.1. The molecule has 0 N–H and O–H groups in total. The molecule has 2 atom stereocenters. The van der Waals surface area contributed by atoms with Crippen LogP contribution >= 0.6 is 0 Å². The molecule has 4 aliphatic rings. The number of hydrogen-bond acceptors (Lipinski definition) is 8. The van der Waals surface area contributed by atoms with Crippen LogP contribution < -0.4 is 14.5 Å². The number of amides is 1. The highest BCUT2D eigenvalue weighted by atomic mass is 19.1. The van der Waals surface area contributed by atoms with Crippen LogP contribution in [0.4, 0.5) is 15.9 Å². The van der Waals surface area contributed by atoms with Gasteiger partial charge in [0.2, 0.25) is 0 Å². The second-order valence-corrected chi connectivity index (χ2v) is 13.0. The highest BCUT2D eigenvalue weighted by Gasteiger charge is 2.55. The molecule has 3 aliphatic heterocycles. The van der Waals surface area contributed by atoms with Crippen molar-refractivity contribution in [2.45, 2.75) is 63.1 Å². The lowest BCUT2D eigenvalue weighted by molar-refractivity contribution is -0.131. The third-order valence-corrected chi connectivity index (χ3v) is 10.3. The average molecular weight is 610 g/mol. The fourth-order valence-corrected chi connectivity index (χ4v) is 7.78. The van der Waals surface area contributed by atoms with Crippen molar-refractivity contribution in [1.29, 1.82) is 5.26 Å². The molecule has 0 unspecified atom stereocenters. The number of fused-ring (bicyclic) bond motifs is 3. The Morgan fingerprint density at radius 1 is 1.13 bits per heavy atom. The Bertz CT molecular complexity index is 1690. The van der Waals surface area contributed by atoms with Crippen LogP contribution in [0.3, 0.4) is 0 Å². The minimum absolute atomic E-state index is 0.0955. The van der Waals surface area contributed by atoms with E-state index in [0.717, 1.165) is 62.3 Å². The average Bonchev–Trinajstić information content (AvgIpc) is 3.72. The molecule has 1 saturated carbocycles. The van der Waals surface area contributed by atoms with E-state index in [1.807, 2.05) is 0 Å². The highest BCUT2D eigenvalue weighted by Crippen LogP contribution is 2.57. The van der Waals surface area contributed by atoms with Gasteiger partial charge in [0.1, 0.15) is 12.4 Å². The van der Waals surface area contributed by atoms with E-state index >= 15 is 0 Å². The van der Waals surface area contributed by atoms with Crippen molar-refractivity contribution < 1.29 is 13.9 Å². The van der Waals surface area contributed by atoms with Gasteiger partial charge in [-0.15, -0.1) is 0 Å². The molecule has 7 rings (SSSR count). The maximum Gasteiger partial charge on any atom is 0.318 e. The van der Waals surface area contributed by atoms with E-state index in [-0.39, 0.29) is 18.5 Å². The van der Waals surface area contributed by atoms with Crippen molar-refractivity contribution in [1.82, 2.24) is 19.8 Å². The van der Waals surface area contributed by atoms with Gasteiger partial charge in [0, 0.05) is 48.9 Å². The normalized spacial score (nSPS) is 22.4. The lowest BCUT2D eigenvalue weighted by atomic mass is 9.92. The molecule has 0 bridgehead atoms. The number of nitriles is 1. The number of aromatic nitrogens is 2. The van der Waals surface area contributed by atoms with Gasteiger partial charge in [-0.05, 0) is 69.6 Å². The van der Waals surface area contributed by atoms with Crippen molar-refractivity contribution >= 4 is 28.2 Å². The van der Waals surface area contributed by atoms with Crippen molar-refractivity contribution in [3.8, 4) is 12.1 Å². The van der Waals surface area contributed by atoms with Gasteiger partial charge < -0.3 is 24.3 Å². The third kappa shape index (κ3) is 5.17. The molecular weight excluding hydrogens is 569 g/mol. The number of aryl methyl sites for hydroxylation is 1. The van der Waals surface area contributed by atoms with Gasteiger partial charge in [-0.25, -0.2) is 4.39 Å². The molecular formula is C35H40FN7O2. The van der Waals surface area contributed by atoms with Crippen molar-refractivity contribution in [3.63, 3.8) is 0 Å². The second kappa shape index (κ2) is 11.6. The molecule has 3 aromatic rings. The topological polar surface area (TPSA) is 88.8 Å². The van der Waals surface area contributed by atoms with Crippen LogP contribution in [0.25, 0.3) is 10.8 Å². The van der Waals surface area contributed by atoms with Crippen LogP contribution in [-0.2, 0) is 16.8 Å². The Hall–Kier alpha value is -4.23. The SMILES string of the molecule is C=C(F)C(=O)N1CCN(c2nc(OC[C@@H]3CCCN3C)nc3c2CCN(c2cccc4cccc(C)c24)C32CC2)C[C@@H]1CC#N. The quantitative estimate of drug-likeness (QED) is 0.351. The maximum atomic E-state index is 13.9. The summed E-state index contributed by atoms with van der Waals surface area (Å²) in [5.41, 5.74) is 4.37. The summed E-state index contributed by atoms with van der Waals surface area (Å²) in [5.74, 6) is -0.941. The van der Waals surface area contributed by atoms with E-state index in [4.69, 9.17) is 14.7 Å². The van der Waals surface area contributed by atoms with Crippen LogP contribution in [0.5, 0.6) is 6.01 Å². The Kier molecular flexibility index (Phi) is 7.60. The fourth-order valence-electron chi connectivity index (χ4n) is 7.78. The van der Waals surface area contributed by atoms with Crippen LogP contribution in [-0.4, -0.2) is 84.1 Å². The minimum atomic E-state index is -1.00. The minimum Gasteiger partial charge on any atom is -0.462 e. The molecule has 1 amide bonds. The summed E-state index contributed by atoms with van der Waals surface area (Å²) >= 11 is 0. The molecule has 2 saturated heterocycles. The number of nitrogens with zero attached hydrogens (tertiary/aromatic N) is 7. The van der Waals surface area contributed by atoms with Crippen LogP contribution in [0.15, 0.2) is 48.8 Å². The maximum absolute atomic E-state index is 13.9. The van der Waals surface area contributed by atoms with Gasteiger partial charge in [-0.2, -0.15) is 15.2 Å². The molecule has 1 aliphatic carbocycles. The van der Waals surface area contributed by atoms with Gasteiger partial charge in [0.25, 0.3) is 5.91 Å². The Morgan fingerprint density at radius 2 is 1.93 bits per heavy atom. The smallest absolute Gasteiger partial charge is 0.318 e. The van der Waals surface area contributed by atoms with Gasteiger partial charge in [-0.3, -0.25) is 4.79 Å². The van der Waals surface area contributed by atoms with E-state index in [2.05, 4.69) is 77.7 Å². The molecule has 3 fully saturated rings. The summed E-state index contributed by atoms with van der Waals surface area (Å²) in [5, 5.41) is 12.1. The molecule has 10 heteroatoms. The number of ether oxygens (including phenoxy) is 1. The van der Waals surface area contributed by atoms with Crippen LogP contribution in [0.1, 0.15) is 48.9 Å². The molecule has 2 aromatic carbocycles. The molecule has 4 heterocycles. The van der Waals surface area contributed by atoms with E-state index < -0.39 is 17.8 Å². The summed E-state index contributed by atoms with van der Waals surface area (Å²) < 4.78 is 20.3. The number of rotatable bonds is 7. The zero-order valence-corrected chi connectivity index (χ0v) is 26.1. The van der Waals surface area contributed by atoms with Gasteiger partial charge in [0.05, 0.1) is 29.8 Å². The number of halogens is 1. The monoisotopic (exact) mass is 609 g/mol. The van der Waals surface area contributed by atoms with Crippen LogP contribution in [0.2, 0.25) is 0 Å². The predicted molar refractivity (Wildman–Crippen MR) is 172 cm³/mol. The second-order valence-electron chi connectivity index (χ2n) is 13.0. The number of likely N-dealkylation sites (tertiary alicyclic amines) is 1. The Labute approximate surface area is 263 Å². The molecule has 9 nitrogen and oxygen atoms in total. The molecule has 1 aromatic heterocycles. The van der Waals surface area contributed by atoms with Gasteiger partial charge in [0.15, 0.2) is 5.83 Å². The van der Waals surface area contributed by atoms with Crippen molar-refractivity contribution in [2.24, 2.45) is 0 Å². The van der Waals surface area contributed by atoms with Gasteiger partial charge in [-0.1, -0.05) is 36.9 Å². The van der Waals surface area contributed by atoms with E-state index in [1.165, 1.54) is 26.9 Å². The summed E-state index contributed by atoms with van der Waals surface area (Å²) in [7, 11) is 2.13. The first-order chi connectivity index (χ1) is 21.8. The van der Waals surface area contributed by atoms with Crippen molar-refractivity contribution in [3.05, 3.63) is 65.6 Å². The third-order valence-electron chi connectivity index (χ3n) is 10.3. The first-order valence-corrected chi connectivity index (χ1v) is 16.1.